The topological polar surface area (TPSA) is 42.7 Å². The first-order chi connectivity index (χ1) is 7.25. The van der Waals surface area contributed by atoms with Crippen LogP contribution in [0.25, 0.3) is 0 Å². The van der Waals surface area contributed by atoms with Gasteiger partial charge in [0, 0.05) is 29.5 Å². The van der Waals surface area contributed by atoms with Crippen LogP contribution in [0, 0.1) is 0 Å². The Labute approximate surface area is 93.0 Å². The van der Waals surface area contributed by atoms with E-state index in [1.807, 2.05) is 24.1 Å². The van der Waals surface area contributed by atoms with Gasteiger partial charge in [-0.1, -0.05) is 0 Å². The van der Waals surface area contributed by atoms with Crippen LogP contribution >= 0.6 is 11.3 Å². The van der Waals surface area contributed by atoms with E-state index in [1.54, 1.807) is 11.3 Å². The summed E-state index contributed by atoms with van der Waals surface area (Å²) in [6.45, 7) is 5.04. The maximum Gasteiger partial charge on any atom is 0.203 e. The van der Waals surface area contributed by atoms with Crippen LogP contribution in [0.4, 0.5) is 5.95 Å². The van der Waals surface area contributed by atoms with Crippen LogP contribution in [0.3, 0.4) is 0 Å². The van der Waals surface area contributed by atoms with Gasteiger partial charge in [0.1, 0.15) is 0 Å². The predicted molar refractivity (Wildman–Crippen MR) is 62.2 cm³/mol. The van der Waals surface area contributed by atoms with Gasteiger partial charge >= 0.3 is 0 Å². The average Bonchev–Trinajstić information content (AvgIpc) is 2.78. The molecule has 0 radical (unpaired) electrons. The molecule has 0 spiro atoms. The molecular formula is C10H14N4S. The lowest BCUT2D eigenvalue weighted by Gasteiger charge is -2.11. The Kier molecular flexibility index (Phi) is 3.01. The van der Waals surface area contributed by atoms with Crippen molar-refractivity contribution in [3.63, 3.8) is 0 Å². The Balaban J connectivity index is 2.11. The van der Waals surface area contributed by atoms with E-state index < -0.39 is 0 Å². The molecule has 0 aliphatic heterocycles. The first kappa shape index (κ1) is 10.2. The van der Waals surface area contributed by atoms with Crippen molar-refractivity contribution in [2.45, 2.75) is 26.4 Å². The molecule has 0 aliphatic carbocycles. The van der Waals surface area contributed by atoms with E-state index in [0.29, 0.717) is 6.04 Å². The SMILES string of the molecule is CC(C)Nc1nccn1Cc1cncs1. The third-order valence-corrected chi connectivity index (χ3v) is 2.71. The lowest BCUT2D eigenvalue weighted by molar-refractivity contribution is 0.781. The summed E-state index contributed by atoms with van der Waals surface area (Å²) < 4.78 is 2.09. The molecule has 0 saturated carbocycles. The molecule has 0 amide bonds. The monoisotopic (exact) mass is 222 g/mol. The van der Waals surface area contributed by atoms with Gasteiger partial charge < -0.3 is 9.88 Å². The highest BCUT2D eigenvalue weighted by molar-refractivity contribution is 7.09. The van der Waals surface area contributed by atoms with Crippen LogP contribution in [0.5, 0.6) is 0 Å². The van der Waals surface area contributed by atoms with Crippen molar-refractivity contribution >= 4 is 17.3 Å². The molecule has 0 fully saturated rings. The fourth-order valence-corrected chi connectivity index (χ4v) is 1.92. The molecule has 0 unspecified atom stereocenters. The van der Waals surface area contributed by atoms with E-state index in [-0.39, 0.29) is 0 Å². The van der Waals surface area contributed by atoms with Crippen molar-refractivity contribution in [1.82, 2.24) is 14.5 Å². The van der Waals surface area contributed by atoms with Crippen molar-refractivity contribution in [1.29, 1.82) is 0 Å². The average molecular weight is 222 g/mol. The highest BCUT2D eigenvalue weighted by atomic mass is 32.1. The molecule has 2 heterocycles. The summed E-state index contributed by atoms with van der Waals surface area (Å²) in [4.78, 5) is 9.57. The van der Waals surface area contributed by atoms with Gasteiger partial charge in [0.05, 0.1) is 12.1 Å². The summed E-state index contributed by atoms with van der Waals surface area (Å²) in [5.41, 5.74) is 1.85. The molecule has 0 aromatic carbocycles. The third kappa shape index (κ3) is 2.56. The Morgan fingerprint density at radius 1 is 1.53 bits per heavy atom. The summed E-state index contributed by atoms with van der Waals surface area (Å²) in [5, 5.41) is 3.30. The Morgan fingerprint density at radius 3 is 3.07 bits per heavy atom. The minimum absolute atomic E-state index is 0.396. The minimum Gasteiger partial charge on any atom is -0.353 e. The minimum atomic E-state index is 0.396. The van der Waals surface area contributed by atoms with E-state index in [0.717, 1.165) is 12.5 Å². The van der Waals surface area contributed by atoms with E-state index in [9.17, 15) is 0 Å². The van der Waals surface area contributed by atoms with Gasteiger partial charge in [0.25, 0.3) is 0 Å². The number of aromatic nitrogens is 3. The molecule has 80 valence electrons. The highest BCUT2D eigenvalue weighted by Crippen LogP contribution is 2.12. The lowest BCUT2D eigenvalue weighted by Crippen LogP contribution is -2.14. The first-order valence-electron chi connectivity index (χ1n) is 4.91. The zero-order valence-corrected chi connectivity index (χ0v) is 9.66. The first-order valence-corrected chi connectivity index (χ1v) is 5.78. The summed E-state index contributed by atoms with van der Waals surface area (Å²) >= 11 is 1.66. The van der Waals surface area contributed by atoms with Crippen molar-refractivity contribution in [3.8, 4) is 0 Å². The van der Waals surface area contributed by atoms with Crippen LogP contribution < -0.4 is 5.32 Å². The van der Waals surface area contributed by atoms with Crippen LogP contribution in [0.1, 0.15) is 18.7 Å². The third-order valence-electron chi connectivity index (χ3n) is 1.94. The van der Waals surface area contributed by atoms with Crippen LogP contribution in [-0.4, -0.2) is 20.6 Å². The van der Waals surface area contributed by atoms with E-state index >= 15 is 0 Å². The summed E-state index contributed by atoms with van der Waals surface area (Å²) in [6, 6.07) is 0.396. The van der Waals surface area contributed by atoms with Gasteiger partial charge in [-0.15, -0.1) is 11.3 Å². The smallest absolute Gasteiger partial charge is 0.203 e. The van der Waals surface area contributed by atoms with Crippen LogP contribution in [0.15, 0.2) is 24.1 Å². The molecule has 2 rings (SSSR count). The molecule has 0 atom stereocenters. The second-order valence-corrected chi connectivity index (χ2v) is 4.62. The normalized spacial score (nSPS) is 10.9. The van der Waals surface area contributed by atoms with Gasteiger partial charge in [0.2, 0.25) is 5.95 Å². The fraction of sp³-hybridized carbons (Fsp3) is 0.400. The van der Waals surface area contributed by atoms with Crippen LogP contribution in [-0.2, 0) is 6.54 Å². The number of nitrogens with zero attached hydrogens (tertiary/aromatic N) is 3. The molecule has 0 bridgehead atoms. The number of imidazole rings is 1. The van der Waals surface area contributed by atoms with Crippen LogP contribution in [0.2, 0.25) is 0 Å². The van der Waals surface area contributed by atoms with Crippen molar-refractivity contribution in [2.75, 3.05) is 5.32 Å². The number of nitrogens with one attached hydrogen (secondary N) is 1. The van der Waals surface area contributed by atoms with Gasteiger partial charge in [-0.2, -0.15) is 0 Å². The maximum absolute atomic E-state index is 4.27. The van der Waals surface area contributed by atoms with Gasteiger partial charge in [-0.3, -0.25) is 4.98 Å². The summed E-state index contributed by atoms with van der Waals surface area (Å²) in [5.74, 6) is 0.915. The second kappa shape index (κ2) is 4.44. The predicted octanol–water partition coefficient (Wildman–Crippen LogP) is 2.21. The standard InChI is InChI=1S/C10H14N4S/c1-8(2)13-10-12-3-4-14(10)6-9-5-11-7-15-9/h3-5,7-8H,6H2,1-2H3,(H,12,13). The fourth-order valence-electron chi connectivity index (χ4n) is 1.32. The van der Waals surface area contributed by atoms with Crippen molar-refractivity contribution in [2.24, 2.45) is 0 Å². The lowest BCUT2D eigenvalue weighted by atomic mass is 10.4. The molecule has 15 heavy (non-hydrogen) atoms. The molecule has 2 aromatic heterocycles. The Morgan fingerprint density at radius 2 is 2.40 bits per heavy atom. The number of thiazole rings is 1. The number of rotatable bonds is 4. The quantitative estimate of drug-likeness (QED) is 0.862. The van der Waals surface area contributed by atoms with E-state index in [2.05, 4.69) is 33.7 Å². The second-order valence-electron chi connectivity index (χ2n) is 3.65. The Bertz CT molecular complexity index is 405. The van der Waals surface area contributed by atoms with E-state index in [1.165, 1.54) is 4.88 Å². The summed E-state index contributed by atoms with van der Waals surface area (Å²) in [6.07, 6.45) is 5.68. The molecular weight excluding hydrogens is 208 g/mol. The molecule has 1 N–H and O–H groups in total. The number of hydrogen-bond donors (Lipinski definition) is 1. The zero-order valence-electron chi connectivity index (χ0n) is 8.84. The van der Waals surface area contributed by atoms with Crippen molar-refractivity contribution < 1.29 is 0 Å². The molecule has 4 nitrogen and oxygen atoms in total. The highest BCUT2D eigenvalue weighted by Gasteiger charge is 2.04. The Hall–Kier alpha value is -1.36. The molecule has 0 saturated heterocycles. The van der Waals surface area contributed by atoms with Gasteiger partial charge in [0.15, 0.2) is 0 Å². The molecule has 2 aromatic rings. The van der Waals surface area contributed by atoms with E-state index in [4.69, 9.17) is 0 Å². The van der Waals surface area contributed by atoms with Gasteiger partial charge in [-0.25, -0.2) is 4.98 Å². The zero-order chi connectivity index (χ0) is 10.7. The number of anilines is 1. The number of hydrogen-bond acceptors (Lipinski definition) is 4. The largest absolute Gasteiger partial charge is 0.353 e. The van der Waals surface area contributed by atoms with Crippen molar-refractivity contribution in [3.05, 3.63) is 29.0 Å². The summed E-state index contributed by atoms with van der Waals surface area (Å²) in [7, 11) is 0. The van der Waals surface area contributed by atoms with Gasteiger partial charge in [-0.05, 0) is 13.8 Å². The molecule has 5 heteroatoms. The molecule has 0 aliphatic rings. The maximum atomic E-state index is 4.27.